The molecule has 1 aliphatic heterocycles. The van der Waals surface area contributed by atoms with Gasteiger partial charge in [0.1, 0.15) is 24.0 Å². The average Bonchev–Trinajstić information content (AvgIpc) is 3.10. The molecule has 1 saturated heterocycles. The third-order valence-corrected chi connectivity index (χ3v) is 4.82. The highest BCUT2D eigenvalue weighted by Gasteiger charge is 2.24. The summed E-state index contributed by atoms with van der Waals surface area (Å²) in [6.45, 7) is 5.86. The topological polar surface area (TPSA) is 55.5 Å². The second-order valence-electron chi connectivity index (χ2n) is 6.43. The Bertz CT molecular complexity index is 884. The van der Waals surface area contributed by atoms with E-state index >= 15 is 0 Å². The fourth-order valence-electron chi connectivity index (χ4n) is 3.25. The van der Waals surface area contributed by atoms with Gasteiger partial charge < -0.3 is 9.64 Å². The van der Waals surface area contributed by atoms with Gasteiger partial charge in [0.2, 0.25) is 0 Å². The molecule has 6 nitrogen and oxygen atoms in total. The van der Waals surface area contributed by atoms with Crippen molar-refractivity contribution in [1.82, 2.24) is 19.8 Å². The first-order chi connectivity index (χ1) is 12.1. The van der Waals surface area contributed by atoms with E-state index in [4.69, 9.17) is 4.74 Å². The molecule has 0 unspecified atom stereocenters. The molecule has 0 N–H and O–H groups in total. The quantitative estimate of drug-likeness (QED) is 0.733. The Balaban J connectivity index is 1.46. The third-order valence-electron chi connectivity index (χ3n) is 4.82. The molecule has 0 radical (unpaired) electrons. The van der Waals surface area contributed by atoms with Gasteiger partial charge in [0, 0.05) is 37.1 Å². The highest BCUT2D eigenvalue weighted by molar-refractivity contribution is 5.58. The van der Waals surface area contributed by atoms with Crippen LogP contribution >= 0.6 is 0 Å². The van der Waals surface area contributed by atoms with Crippen LogP contribution in [0.15, 0.2) is 30.6 Å². The van der Waals surface area contributed by atoms with E-state index in [9.17, 15) is 4.39 Å². The van der Waals surface area contributed by atoms with Crippen molar-refractivity contribution in [3.8, 4) is 5.75 Å². The Morgan fingerprint density at radius 1 is 1.08 bits per heavy atom. The molecule has 0 saturated carbocycles. The normalized spacial score (nSPS) is 15.7. The molecule has 1 fully saturated rings. The molecule has 0 amide bonds. The molecule has 2 aromatic heterocycles. The van der Waals surface area contributed by atoms with Crippen LogP contribution < -0.4 is 9.64 Å². The Morgan fingerprint density at radius 2 is 1.80 bits per heavy atom. The summed E-state index contributed by atoms with van der Waals surface area (Å²) in [5.41, 5.74) is 3.04. The van der Waals surface area contributed by atoms with Crippen molar-refractivity contribution in [2.24, 2.45) is 0 Å². The lowest BCUT2D eigenvalue weighted by Crippen LogP contribution is -2.39. The van der Waals surface area contributed by atoms with Crippen LogP contribution in [-0.2, 0) is 0 Å². The summed E-state index contributed by atoms with van der Waals surface area (Å²) in [6, 6.07) is 6.21. The number of ether oxygens (including phenoxy) is 1. The first-order valence-electron chi connectivity index (χ1n) is 8.46. The fraction of sp³-hybridized carbons (Fsp3) is 0.389. The van der Waals surface area contributed by atoms with Crippen molar-refractivity contribution < 1.29 is 9.13 Å². The molecule has 4 rings (SSSR count). The maximum atomic E-state index is 13.0. The van der Waals surface area contributed by atoms with E-state index < -0.39 is 0 Å². The van der Waals surface area contributed by atoms with Crippen LogP contribution in [-0.4, -0.2) is 39.0 Å². The summed E-state index contributed by atoms with van der Waals surface area (Å²) in [7, 11) is 0. The highest BCUT2D eigenvalue weighted by atomic mass is 19.1. The number of nitrogens with zero attached hydrogens (tertiary/aromatic N) is 5. The average molecular weight is 341 g/mol. The lowest BCUT2D eigenvalue weighted by molar-refractivity contribution is 0.170. The van der Waals surface area contributed by atoms with Crippen LogP contribution in [0.4, 0.5) is 10.2 Å². The summed E-state index contributed by atoms with van der Waals surface area (Å²) in [5.74, 6) is 1.45. The molecule has 3 heterocycles. The minimum Gasteiger partial charge on any atom is -0.490 e. The molecule has 130 valence electrons. The lowest BCUT2D eigenvalue weighted by Gasteiger charge is -2.33. The monoisotopic (exact) mass is 341 g/mol. The summed E-state index contributed by atoms with van der Waals surface area (Å²) in [4.78, 5) is 2.28. The van der Waals surface area contributed by atoms with Crippen molar-refractivity contribution in [2.75, 3.05) is 18.0 Å². The van der Waals surface area contributed by atoms with E-state index in [2.05, 4.69) is 34.0 Å². The van der Waals surface area contributed by atoms with E-state index in [-0.39, 0.29) is 11.9 Å². The summed E-state index contributed by atoms with van der Waals surface area (Å²) in [6.07, 6.45) is 3.58. The number of rotatable bonds is 3. The summed E-state index contributed by atoms with van der Waals surface area (Å²) < 4.78 is 20.7. The Hall–Kier alpha value is -2.70. The van der Waals surface area contributed by atoms with Crippen LogP contribution in [0.2, 0.25) is 0 Å². The molecule has 0 aliphatic carbocycles. The predicted octanol–water partition coefficient (Wildman–Crippen LogP) is 2.93. The first kappa shape index (κ1) is 15.8. The van der Waals surface area contributed by atoms with Crippen LogP contribution in [0, 0.1) is 19.7 Å². The van der Waals surface area contributed by atoms with Gasteiger partial charge in [-0.15, -0.1) is 15.3 Å². The van der Waals surface area contributed by atoms with Crippen molar-refractivity contribution in [3.05, 3.63) is 47.5 Å². The minimum absolute atomic E-state index is 0.141. The zero-order chi connectivity index (χ0) is 17.4. The van der Waals surface area contributed by atoms with Crippen molar-refractivity contribution in [3.63, 3.8) is 0 Å². The van der Waals surface area contributed by atoms with Crippen LogP contribution in [0.1, 0.15) is 24.0 Å². The SMILES string of the molecule is Cc1c(N2CCC(Oc3ccc(F)cc3)CC2)nn2cnnc2c1C. The van der Waals surface area contributed by atoms with E-state index in [0.717, 1.165) is 54.3 Å². The number of benzene rings is 1. The smallest absolute Gasteiger partial charge is 0.180 e. The molecule has 0 atom stereocenters. The largest absolute Gasteiger partial charge is 0.490 e. The minimum atomic E-state index is -0.247. The predicted molar refractivity (Wildman–Crippen MR) is 92.5 cm³/mol. The second kappa shape index (κ2) is 6.31. The molecule has 25 heavy (non-hydrogen) atoms. The van der Waals surface area contributed by atoms with Crippen LogP contribution in [0.5, 0.6) is 5.75 Å². The lowest BCUT2D eigenvalue weighted by atomic mass is 10.1. The number of fused-ring (bicyclic) bond motifs is 1. The number of aromatic nitrogens is 4. The molecule has 0 bridgehead atoms. The van der Waals surface area contributed by atoms with Crippen molar-refractivity contribution in [1.29, 1.82) is 0 Å². The summed E-state index contributed by atoms with van der Waals surface area (Å²) in [5, 5.41) is 12.7. The van der Waals surface area contributed by atoms with E-state index in [1.807, 2.05) is 0 Å². The van der Waals surface area contributed by atoms with Gasteiger partial charge in [-0.1, -0.05) is 0 Å². The van der Waals surface area contributed by atoms with Crippen molar-refractivity contribution in [2.45, 2.75) is 32.8 Å². The van der Waals surface area contributed by atoms with Gasteiger partial charge in [0.05, 0.1) is 0 Å². The van der Waals surface area contributed by atoms with Gasteiger partial charge >= 0.3 is 0 Å². The molecule has 3 aromatic rings. The van der Waals surface area contributed by atoms with Gasteiger partial charge in [-0.25, -0.2) is 4.39 Å². The number of aryl methyl sites for hydroxylation is 1. The molecule has 1 aromatic carbocycles. The second-order valence-corrected chi connectivity index (χ2v) is 6.43. The highest BCUT2D eigenvalue weighted by Crippen LogP contribution is 2.26. The maximum absolute atomic E-state index is 13.0. The number of piperidine rings is 1. The molecular weight excluding hydrogens is 321 g/mol. The van der Waals surface area contributed by atoms with E-state index in [1.165, 1.54) is 12.1 Å². The van der Waals surface area contributed by atoms with E-state index in [1.54, 1.807) is 23.0 Å². The Morgan fingerprint density at radius 3 is 2.52 bits per heavy atom. The number of halogens is 1. The molecule has 7 heteroatoms. The van der Waals surface area contributed by atoms with Gasteiger partial charge in [0.15, 0.2) is 11.5 Å². The summed E-state index contributed by atoms with van der Waals surface area (Å²) >= 11 is 0. The molecular formula is C18H20FN5O. The zero-order valence-corrected chi connectivity index (χ0v) is 14.3. The fourth-order valence-corrected chi connectivity index (χ4v) is 3.25. The number of anilines is 1. The zero-order valence-electron chi connectivity index (χ0n) is 14.3. The van der Waals surface area contributed by atoms with Crippen LogP contribution in [0.25, 0.3) is 5.65 Å². The van der Waals surface area contributed by atoms with Gasteiger partial charge in [-0.2, -0.15) is 4.52 Å². The maximum Gasteiger partial charge on any atom is 0.180 e. The standard InChI is InChI=1S/C18H20FN5O/c1-12-13(2)18(22-24-11-20-21-17(12)24)23-9-7-16(8-10-23)25-15-5-3-14(19)4-6-15/h3-6,11,16H,7-10H2,1-2H3. The van der Waals surface area contributed by atoms with Crippen molar-refractivity contribution >= 4 is 11.5 Å². The Kier molecular flexibility index (Phi) is 3.99. The van der Waals surface area contributed by atoms with Gasteiger partial charge in [0.25, 0.3) is 0 Å². The van der Waals surface area contributed by atoms with Crippen LogP contribution in [0.3, 0.4) is 0 Å². The van der Waals surface area contributed by atoms with Gasteiger partial charge in [-0.3, -0.25) is 0 Å². The number of hydrogen-bond donors (Lipinski definition) is 0. The van der Waals surface area contributed by atoms with E-state index in [0.29, 0.717) is 0 Å². The number of hydrogen-bond acceptors (Lipinski definition) is 5. The third kappa shape index (κ3) is 3.01. The van der Waals surface area contributed by atoms with Gasteiger partial charge in [-0.05, 0) is 38.1 Å². The molecule has 0 spiro atoms. The Labute approximate surface area is 145 Å². The molecule has 1 aliphatic rings. The first-order valence-corrected chi connectivity index (χ1v) is 8.46.